The van der Waals surface area contributed by atoms with E-state index in [9.17, 15) is 29.3 Å². The van der Waals surface area contributed by atoms with Crippen LogP contribution >= 0.6 is 0 Å². The highest BCUT2D eigenvalue weighted by atomic mass is 16.7. The molecular weight excluding hydrogens is 458 g/mol. The van der Waals surface area contributed by atoms with Crippen LogP contribution in [-0.2, 0) is 44.5 Å². The van der Waals surface area contributed by atoms with Crippen LogP contribution in [0.3, 0.4) is 0 Å². The highest BCUT2D eigenvalue weighted by molar-refractivity contribution is 5.91. The van der Waals surface area contributed by atoms with Crippen LogP contribution in [0.4, 0.5) is 11.5 Å². The highest BCUT2D eigenvalue weighted by Gasteiger charge is 2.49. The molecule has 186 valence electrons. The number of hydrogen-bond donors (Lipinski definition) is 1. The van der Waals surface area contributed by atoms with Crippen molar-refractivity contribution >= 4 is 35.3 Å². The summed E-state index contributed by atoms with van der Waals surface area (Å²) in [5, 5.41) is 13.9. The van der Waals surface area contributed by atoms with Crippen LogP contribution in [-0.4, -0.2) is 71.9 Å². The molecule has 0 spiro atoms. The lowest BCUT2D eigenvalue weighted by molar-refractivity contribution is -0.389. The minimum atomic E-state index is -1.15. The molecule has 14 heteroatoms. The Kier molecular flexibility index (Phi) is 8.83. The van der Waals surface area contributed by atoms with Gasteiger partial charge in [0.2, 0.25) is 5.91 Å². The molecule has 0 aliphatic carbocycles. The zero-order valence-electron chi connectivity index (χ0n) is 19.2. The number of aromatic nitrogens is 1. The lowest BCUT2D eigenvalue weighted by Crippen LogP contribution is -2.41. The molecule has 1 aliphatic heterocycles. The van der Waals surface area contributed by atoms with E-state index in [-0.39, 0.29) is 30.2 Å². The van der Waals surface area contributed by atoms with Gasteiger partial charge in [0, 0.05) is 45.2 Å². The molecule has 0 aromatic carbocycles. The fraction of sp³-hybridized carbons (Fsp3) is 0.550. The van der Waals surface area contributed by atoms with E-state index in [1.807, 2.05) is 0 Å². The Morgan fingerprint density at radius 2 is 1.65 bits per heavy atom. The van der Waals surface area contributed by atoms with Gasteiger partial charge in [0.1, 0.15) is 24.5 Å². The maximum absolute atomic E-state index is 11.8. The third-order valence-corrected chi connectivity index (χ3v) is 4.62. The number of methoxy groups -OCH3 is 1. The van der Waals surface area contributed by atoms with Crippen LogP contribution in [0.5, 0.6) is 5.88 Å². The number of ether oxygens (including phenoxy) is 5. The van der Waals surface area contributed by atoms with Gasteiger partial charge in [-0.2, -0.15) is 0 Å². The fourth-order valence-electron chi connectivity index (χ4n) is 3.46. The number of carbonyl (C=O) groups is 4. The van der Waals surface area contributed by atoms with E-state index >= 15 is 0 Å². The molecule has 34 heavy (non-hydrogen) atoms. The van der Waals surface area contributed by atoms with Crippen LogP contribution in [0.25, 0.3) is 0 Å². The van der Waals surface area contributed by atoms with Crippen LogP contribution < -0.4 is 10.1 Å². The molecule has 1 N–H and O–H groups in total. The number of carbonyl (C=O) groups excluding carboxylic acids is 4. The molecule has 14 nitrogen and oxygen atoms in total. The largest absolute Gasteiger partial charge is 0.463 e. The number of rotatable bonds is 9. The van der Waals surface area contributed by atoms with Gasteiger partial charge >= 0.3 is 29.6 Å². The zero-order chi connectivity index (χ0) is 25.6. The second kappa shape index (κ2) is 11.4. The SMILES string of the molecule is COc1nc([N+](=O)[O-])cc(C[C@@H]2O[C@H](COC(C)=O)C(OC(C)=O)C2OC(C)=O)c1NC(C)=O. The van der Waals surface area contributed by atoms with E-state index in [0.717, 1.165) is 19.9 Å². The van der Waals surface area contributed by atoms with Crippen LogP contribution in [0.15, 0.2) is 6.07 Å². The number of anilines is 1. The van der Waals surface area contributed by atoms with Crippen molar-refractivity contribution in [3.8, 4) is 5.88 Å². The summed E-state index contributed by atoms with van der Waals surface area (Å²) in [4.78, 5) is 60.9. The van der Waals surface area contributed by atoms with E-state index in [4.69, 9.17) is 23.7 Å². The maximum atomic E-state index is 11.8. The minimum Gasteiger partial charge on any atom is -0.463 e. The molecule has 1 aromatic heterocycles. The van der Waals surface area contributed by atoms with E-state index < -0.39 is 59.0 Å². The number of esters is 3. The summed E-state index contributed by atoms with van der Waals surface area (Å²) >= 11 is 0. The molecule has 1 fully saturated rings. The number of nitro groups is 1. The van der Waals surface area contributed by atoms with Gasteiger partial charge in [-0.1, -0.05) is 0 Å². The lowest BCUT2D eigenvalue weighted by atomic mass is 10.00. The summed E-state index contributed by atoms with van der Waals surface area (Å²) < 4.78 is 26.6. The number of nitrogens with one attached hydrogen (secondary N) is 1. The molecule has 0 saturated carbocycles. The second-order valence-electron chi connectivity index (χ2n) is 7.33. The van der Waals surface area contributed by atoms with Crippen molar-refractivity contribution in [1.29, 1.82) is 0 Å². The normalized spacial score (nSPS) is 21.3. The van der Waals surface area contributed by atoms with Gasteiger partial charge in [0.25, 0.3) is 0 Å². The van der Waals surface area contributed by atoms with Crippen molar-refractivity contribution in [2.45, 2.75) is 58.5 Å². The van der Waals surface area contributed by atoms with Gasteiger partial charge in [0.15, 0.2) is 12.2 Å². The Bertz CT molecular complexity index is 981. The first kappa shape index (κ1) is 26.4. The third kappa shape index (κ3) is 6.84. The van der Waals surface area contributed by atoms with Crippen molar-refractivity contribution in [2.75, 3.05) is 19.0 Å². The number of amides is 1. The highest BCUT2D eigenvalue weighted by Crippen LogP contribution is 2.35. The Hall–Kier alpha value is -3.81. The molecule has 1 saturated heterocycles. The van der Waals surface area contributed by atoms with E-state index in [0.29, 0.717) is 0 Å². The smallest absolute Gasteiger partial charge is 0.368 e. The van der Waals surface area contributed by atoms with Gasteiger partial charge < -0.3 is 39.1 Å². The molecule has 0 radical (unpaired) electrons. The van der Waals surface area contributed by atoms with E-state index in [1.165, 1.54) is 21.0 Å². The number of nitrogens with zero attached hydrogens (tertiary/aromatic N) is 2. The average Bonchev–Trinajstić information content (AvgIpc) is 3.02. The summed E-state index contributed by atoms with van der Waals surface area (Å²) in [6, 6.07) is 1.11. The summed E-state index contributed by atoms with van der Waals surface area (Å²) in [5.74, 6) is -3.28. The molecular formula is C20H25N3O11. The van der Waals surface area contributed by atoms with E-state index in [1.54, 1.807) is 0 Å². The van der Waals surface area contributed by atoms with Crippen molar-refractivity contribution < 1.29 is 47.8 Å². The first-order valence-corrected chi connectivity index (χ1v) is 10.1. The lowest BCUT2D eigenvalue weighted by Gasteiger charge is -2.23. The summed E-state index contributed by atoms with van der Waals surface area (Å²) in [6.07, 6.45) is -4.43. The molecule has 2 rings (SSSR count). The molecule has 2 unspecified atom stereocenters. The van der Waals surface area contributed by atoms with Crippen molar-refractivity contribution in [1.82, 2.24) is 4.98 Å². The quantitative estimate of drug-likeness (QED) is 0.225. The predicted molar refractivity (Wildman–Crippen MR) is 112 cm³/mol. The molecule has 0 bridgehead atoms. The molecule has 1 aliphatic rings. The third-order valence-electron chi connectivity index (χ3n) is 4.62. The molecule has 1 amide bonds. The predicted octanol–water partition coefficient (Wildman–Crippen LogP) is 0.693. The Balaban J connectivity index is 2.52. The van der Waals surface area contributed by atoms with Crippen LogP contribution in [0, 0.1) is 10.1 Å². The van der Waals surface area contributed by atoms with Crippen molar-refractivity contribution in [3.63, 3.8) is 0 Å². The molecule has 2 heterocycles. The first-order chi connectivity index (χ1) is 15.9. The van der Waals surface area contributed by atoms with Gasteiger partial charge in [-0.05, 0) is 10.5 Å². The van der Waals surface area contributed by atoms with Gasteiger partial charge in [0.05, 0.1) is 7.11 Å². The monoisotopic (exact) mass is 483 g/mol. The van der Waals surface area contributed by atoms with E-state index in [2.05, 4.69) is 10.3 Å². The zero-order valence-corrected chi connectivity index (χ0v) is 19.2. The Labute approximate surface area is 194 Å². The Morgan fingerprint density at radius 1 is 1.06 bits per heavy atom. The maximum Gasteiger partial charge on any atom is 0.368 e. The van der Waals surface area contributed by atoms with Gasteiger partial charge in [-0.3, -0.25) is 19.2 Å². The van der Waals surface area contributed by atoms with Crippen LogP contribution in [0.1, 0.15) is 33.3 Å². The van der Waals surface area contributed by atoms with Crippen molar-refractivity contribution in [3.05, 3.63) is 21.7 Å². The van der Waals surface area contributed by atoms with Gasteiger partial charge in [-0.15, -0.1) is 0 Å². The average molecular weight is 483 g/mol. The van der Waals surface area contributed by atoms with Crippen molar-refractivity contribution in [2.24, 2.45) is 0 Å². The minimum absolute atomic E-state index is 0.0539. The Morgan fingerprint density at radius 3 is 2.12 bits per heavy atom. The summed E-state index contributed by atoms with van der Waals surface area (Å²) in [6.45, 7) is 4.39. The molecule has 4 atom stereocenters. The summed E-state index contributed by atoms with van der Waals surface area (Å²) in [7, 11) is 1.22. The van der Waals surface area contributed by atoms with Gasteiger partial charge in [-0.25, -0.2) is 0 Å². The molecule has 1 aromatic rings. The van der Waals surface area contributed by atoms with Crippen LogP contribution in [0.2, 0.25) is 0 Å². The number of pyridine rings is 1. The topological polar surface area (TPSA) is 182 Å². The number of hydrogen-bond acceptors (Lipinski definition) is 12. The second-order valence-corrected chi connectivity index (χ2v) is 7.33. The first-order valence-electron chi connectivity index (χ1n) is 10.1. The standard InChI is InChI=1S/C20H25N3O11/c1-9(24)21-17-13(7-16(23(28)29)22-20(17)30-5)6-14-18(32-11(3)26)19(33-12(4)27)15(34-14)8-31-10(2)25/h7,14-15,18-19H,6,8H2,1-5H3,(H,21,24)/t14-,15+,18?,19?/m0/s1. The fourth-order valence-corrected chi connectivity index (χ4v) is 3.46. The summed E-state index contributed by atoms with van der Waals surface area (Å²) in [5.41, 5.74) is 0.240.